The van der Waals surface area contributed by atoms with Crippen LogP contribution in [0, 0.1) is 0 Å². The van der Waals surface area contributed by atoms with Crippen LogP contribution in [0.25, 0.3) is 5.57 Å². The Morgan fingerprint density at radius 3 is 2.89 bits per heavy atom. The zero-order valence-electron chi connectivity index (χ0n) is 11.5. The lowest BCUT2D eigenvalue weighted by Crippen LogP contribution is -2.30. The molecule has 0 bridgehead atoms. The predicted molar refractivity (Wildman–Crippen MR) is 74.4 cm³/mol. The van der Waals surface area contributed by atoms with E-state index in [1.54, 1.807) is 0 Å². The summed E-state index contributed by atoms with van der Waals surface area (Å²) >= 11 is 0. The summed E-state index contributed by atoms with van der Waals surface area (Å²) in [6, 6.07) is 0.312. The fourth-order valence-corrected chi connectivity index (χ4v) is 2.12. The van der Waals surface area contributed by atoms with Gasteiger partial charge in [0.15, 0.2) is 0 Å². The quantitative estimate of drug-likeness (QED) is 0.782. The second kappa shape index (κ2) is 5.82. The second-order valence-electron chi connectivity index (χ2n) is 4.97. The van der Waals surface area contributed by atoms with Gasteiger partial charge in [0.2, 0.25) is 5.91 Å². The summed E-state index contributed by atoms with van der Waals surface area (Å²) in [5, 5.41) is 8.33. The minimum atomic E-state index is 0.000449. The molecule has 19 heavy (non-hydrogen) atoms. The first kappa shape index (κ1) is 13.5. The zero-order valence-corrected chi connectivity index (χ0v) is 11.5. The molecule has 5 heteroatoms. The number of carbonyl (C=O) groups excluding carboxylic acids is 1. The number of hydrogen-bond acceptors (Lipinski definition) is 3. The van der Waals surface area contributed by atoms with Gasteiger partial charge in [0.05, 0.1) is 6.20 Å². The minimum absolute atomic E-state index is 0.000449. The van der Waals surface area contributed by atoms with E-state index in [0.29, 0.717) is 12.6 Å². The van der Waals surface area contributed by atoms with Gasteiger partial charge in [0, 0.05) is 19.1 Å². The third-order valence-electron chi connectivity index (χ3n) is 3.30. The molecular weight excluding hydrogens is 240 g/mol. The molecule has 0 atom stereocenters. The first-order chi connectivity index (χ1) is 9.11. The molecule has 1 aliphatic rings. The Morgan fingerprint density at radius 2 is 2.26 bits per heavy atom. The molecule has 0 unspecified atom stereocenters. The molecule has 2 rings (SSSR count). The average molecular weight is 260 g/mol. The summed E-state index contributed by atoms with van der Waals surface area (Å²) in [6.07, 6.45) is 7.17. The molecule has 2 heterocycles. The van der Waals surface area contributed by atoms with E-state index in [0.717, 1.165) is 25.1 Å². The van der Waals surface area contributed by atoms with Gasteiger partial charge in [-0.05, 0) is 38.3 Å². The molecule has 1 aliphatic heterocycles. The fraction of sp³-hybridized carbons (Fsp3) is 0.500. The lowest BCUT2D eigenvalue weighted by molar-refractivity contribution is -0.125. The number of amides is 1. The smallest absolute Gasteiger partial charge is 0.245 e. The number of carbonyl (C=O) groups is 1. The van der Waals surface area contributed by atoms with Gasteiger partial charge in [0.1, 0.15) is 5.69 Å². The van der Waals surface area contributed by atoms with Crippen LogP contribution in [0.5, 0.6) is 0 Å². The highest BCUT2D eigenvalue weighted by Crippen LogP contribution is 2.21. The van der Waals surface area contributed by atoms with Crippen molar-refractivity contribution < 1.29 is 4.79 Å². The fourth-order valence-electron chi connectivity index (χ4n) is 2.12. The van der Waals surface area contributed by atoms with Crippen LogP contribution in [0.3, 0.4) is 0 Å². The SMILES string of the molecule is C=CC(=O)N1CCC=C(c2cn(C(C)C)nn2)CC1. The van der Waals surface area contributed by atoms with Crippen LogP contribution in [0.2, 0.25) is 0 Å². The van der Waals surface area contributed by atoms with Crippen molar-refractivity contribution in [2.45, 2.75) is 32.7 Å². The third-order valence-corrected chi connectivity index (χ3v) is 3.30. The van der Waals surface area contributed by atoms with Crippen LogP contribution in [0.15, 0.2) is 24.9 Å². The molecule has 1 aromatic rings. The van der Waals surface area contributed by atoms with E-state index in [-0.39, 0.29) is 5.91 Å². The molecule has 1 aromatic heterocycles. The van der Waals surface area contributed by atoms with E-state index >= 15 is 0 Å². The van der Waals surface area contributed by atoms with Gasteiger partial charge in [-0.3, -0.25) is 4.79 Å². The third kappa shape index (κ3) is 3.10. The molecule has 5 nitrogen and oxygen atoms in total. The Bertz CT molecular complexity index is 501. The Morgan fingerprint density at radius 1 is 1.47 bits per heavy atom. The van der Waals surface area contributed by atoms with Crippen molar-refractivity contribution in [1.29, 1.82) is 0 Å². The van der Waals surface area contributed by atoms with Crippen molar-refractivity contribution >= 4 is 11.5 Å². The van der Waals surface area contributed by atoms with Crippen LogP contribution in [-0.2, 0) is 4.79 Å². The van der Waals surface area contributed by atoms with E-state index in [4.69, 9.17) is 0 Å². The van der Waals surface area contributed by atoms with E-state index in [1.165, 1.54) is 11.6 Å². The molecule has 0 aromatic carbocycles. The predicted octanol–water partition coefficient (Wildman–Crippen LogP) is 2.05. The van der Waals surface area contributed by atoms with Crippen LogP contribution >= 0.6 is 0 Å². The van der Waals surface area contributed by atoms with Gasteiger partial charge in [-0.1, -0.05) is 17.9 Å². The van der Waals surface area contributed by atoms with Crippen LogP contribution in [0.1, 0.15) is 38.4 Å². The largest absolute Gasteiger partial charge is 0.339 e. The van der Waals surface area contributed by atoms with Gasteiger partial charge < -0.3 is 4.90 Å². The van der Waals surface area contributed by atoms with Gasteiger partial charge >= 0.3 is 0 Å². The first-order valence-corrected chi connectivity index (χ1v) is 6.64. The van der Waals surface area contributed by atoms with Crippen molar-refractivity contribution in [3.63, 3.8) is 0 Å². The summed E-state index contributed by atoms with van der Waals surface area (Å²) in [5.74, 6) is 0.000449. The van der Waals surface area contributed by atoms with Gasteiger partial charge in [-0.25, -0.2) is 4.68 Å². The van der Waals surface area contributed by atoms with Gasteiger partial charge in [0.25, 0.3) is 0 Å². The molecule has 0 aliphatic carbocycles. The highest BCUT2D eigenvalue weighted by molar-refractivity contribution is 5.87. The normalized spacial score (nSPS) is 16.2. The van der Waals surface area contributed by atoms with E-state index < -0.39 is 0 Å². The molecule has 102 valence electrons. The number of hydrogen-bond donors (Lipinski definition) is 0. The second-order valence-corrected chi connectivity index (χ2v) is 4.97. The molecule has 0 saturated heterocycles. The van der Waals surface area contributed by atoms with Crippen LogP contribution in [0.4, 0.5) is 0 Å². The number of rotatable bonds is 3. The van der Waals surface area contributed by atoms with E-state index in [2.05, 4.69) is 36.8 Å². The minimum Gasteiger partial charge on any atom is -0.339 e. The summed E-state index contributed by atoms with van der Waals surface area (Å²) in [4.78, 5) is 13.4. The number of aromatic nitrogens is 3. The standard InChI is InChI=1S/C14H20N4O/c1-4-14(19)17-8-5-6-12(7-9-17)13-10-18(11(2)3)16-15-13/h4,6,10-11H,1,5,7-9H2,2-3H3. The summed E-state index contributed by atoms with van der Waals surface area (Å²) in [6.45, 7) is 9.14. The Balaban J connectivity index is 2.07. The molecule has 0 fully saturated rings. The first-order valence-electron chi connectivity index (χ1n) is 6.64. The molecule has 0 spiro atoms. The monoisotopic (exact) mass is 260 g/mol. The number of nitrogens with zero attached hydrogens (tertiary/aromatic N) is 4. The van der Waals surface area contributed by atoms with Crippen LogP contribution in [-0.4, -0.2) is 38.9 Å². The maximum Gasteiger partial charge on any atom is 0.245 e. The summed E-state index contributed by atoms with van der Waals surface area (Å²) in [5.41, 5.74) is 2.09. The van der Waals surface area contributed by atoms with E-state index in [9.17, 15) is 4.79 Å². The highest BCUT2D eigenvalue weighted by Gasteiger charge is 2.16. The van der Waals surface area contributed by atoms with E-state index in [1.807, 2.05) is 15.8 Å². The highest BCUT2D eigenvalue weighted by atomic mass is 16.2. The summed E-state index contributed by atoms with van der Waals surface area (Å²) < 4.78 is 1.85. The lowest BCUT2D eigenvalue weighted by Gasteiger charge is -2.18. The molecule has 0 saturated carbocycles. The maximum absolute atomic E-state index is 11.6. The maximum atomic E-state index is 11.6. The van der Waals surface area contributed by atoms with Gasteiger partial charge in [-0.15, -0.1) is 5.10 Å². The van der Waals surface area contributed by atoms with Crippen molar-refractivity contribution in [3.8, 4) is 0 Å². The molecular formula is C14H20N4O. The topological polar surface area (TPSA) is 51.0 Å². The van der Waals surface area contributed by atoms with Crippen molar-refractivity contribution in [3.05, 3.63) is 30.6 Å². The molecule has 0 radical (unpaired) electrons. The average Bonchev–Trinajstić information content (AvgIpc) is 2.77. The Kier molecular flexibility index (Phi) is 4.14. The van der Waals surface area contributed by atoms with Crippen molar-refractivity contribution in [2.24, 2.45) is 0 Å². The molecule has 1 amide bonds. The Labute approximate surface area is 113 Å². The Hall–Kier alpha value is -1.91. The summed E-state index contributed by atoms with van der Waals surface area (Å²) in [7, 11) is 0. The van der Waals surface area contributed by atoms with Gasteiger partial charge in [-0.2, -0.15) is 0 Å². The van der Waals surface area contributed by atoms with Crippen molar-refractivity contribution in [2.75, 3.05) is 13.1 Å². The van der Waals surface area contributed by atoms with Crippen LogP contribution < -0.4 is 0 Å². The van der Waals surface area contributed by atoms with Crippen molar-refractivity contribution in [1.82, 2.24) is 19.9 Å². The zero-order chi connectivity index (χ0) is 13.8. The lowest BCUT2D eigenvalue weighted by atomic mass is 10.1. The molecule has 0 N–H and O–H groups in total.